The van der Waals surface area contributed by atoms with Crippen molar-refractivity contribution in [3.05, 3.63) is 34.3 Å². The van der Waals surface area contributed by atoms with Crippen LogP contribution in [0.2, 0.25) is 0 Å². The van der Waals surface area contributed by atoms with Crippen LogP contribution in [0.3, 0.4) is 0 Å². The Morgan fingerprint density at radius 2 is 1.82 bits per heavy atom. The van der Waals surface area contributed by atoms with Crippen LogP contribution in [0.4, 0.5) is 0 Å². The maximum Gasteiger partial charge on any atom is 0.223 e. The lowest BCUT2D eigenvalue weighted by molar-refractivity contribution is -0.130. The first kappa shape index (κ1) is 17.5. The van der Waals surface area contributed by atoms with Gasteiger partial charge in [0.05, 0.1) is 11.0 Å². The number of benzene rings is 1. The Labute approximate surface area is 140 Å². The molecule has 1 aliphatic rings. The Hall–Kier alpha value is -0.880. The summed E-state index contributed by atoms with van der Waals surface area (Å²) in [6.45, 7) is 0.496. The minimum Gasteiger partial charge on any atom is -0.341 e. The zero-order valence-corrected chi connectivity index (χ0v) is 15.2. The fourth-order valence-electron chi connectivity index (χ4n) is 2.79. The minimum absolute atomic E-state index is 0.0266. The average Bonchev–Trinajstić information content (AvgIpc) is 3.02. The summed E-state index contributed by atoms with van der Waals surface area (Å²) in [5, 5.41) is -0.225. The molecule has 1 fully saturated rings. The number of halogens is 1. The van der Waals surface area contributed by atoms with E-state index in [1.165, 1.54) is 0 Å². The highest BCUT2D eigenvalue weighted by Crippen LogP contribution is 2.25. The third-order valence-electron chi connectivity index (χ3n) is 4.17. The zero-order valence-electron chi connectivity index (χ0n) is 12.8. The van der Waals surface area contributed by atoms with Gasteiger partial charge in [-0.3, -0.25) is 4.79 Å². The van der Waals surface area contributed by atoms with Crippen molar-refractivity contribution in [2.45, 2.75) is 43.9 Å². The second-order valence-electron chi connectivity index (χ2n) is 5.90. The smallest absolute Gasteiger partial charge is 0.223 e. The second kappa shape index (κ2) is 7.59. The van der Waals surface area contributed by atoms with Crippen molar-refractivity contribution in [3.8, 4) is 0 Å². The molecular formula is C16H22BrNO3S. The summed E-state index contributed by atoms with van der Waals surface area (Å²) >= 11 is 3.37. The molecule has 6 heteroatoms. The van der Waals surface area contributed by atoms with Gasteiger partial charge in [-0.05, 0) is 30.5 Å². The summed E-state index contributed by atoms with van der Waals surface area (Å²) in [4.78, 5) is 13.7. The topological polar surface area (TPSA) is 54.5 Å². The molecule has 0 bridgehead atoms. The third-order valence-corrected chi connectivity index (χ3v) is 6.96. The van der Waals surface area contributed by atoms with Crippen LogP contribution in [0, 0.1) is 0 Å². The number of carbonyl (C=O) groups is 1. The van der Waals surface area contributed by atoms with Crippen LogP contribution in [0.15, 0.2) is 28.7 Å². The molecule has 1 aliphatic carbocycles. The lowest BCUT2D eigenvalue weighted by Gasteiger charge is -2.18. The molecular weight excluding hydrogens is 366 g/mol. The molecule has 0 atom stereocenters. The molecule has 2 rings (SSSR count). The van der Waals surface area contributed by atoms with Gasteiger partial charge in [0, 0.05) is 24.5 Å². The van der Waals surface area contributed by atoms with Crippen LogP contribution in [0.1, 0.15) is 37.7 Å². The van der Waals surface area contributed by atoms with Gasteiger partial charge in [-0.15, -0.1) is 0 Å². The van der Waals surface area contributed by atoms with E-state index >= 15 is 0 Å². The van der Waals surface area contributed by atoms with Gasteiger partial charge in [-0.2, -0.15) is 0 Å². The normalized spacial score (nSPS) is 15.9. The van der Waals surface area contributed by atoms with Crippen LogP contribution in [-0.4, -0.2) is 37.3 Å². The van der Waals surface area contributed by atoms with Crippen LogP contribution < -0.4 is 0 Å². The van der Waals surface area contributed by atoms with Crippen LogP contribution in [0.5, 0.6) is 0 Å². The van der Waals surface area contributed by atoms with Gasteiger partial charge in [0.15, 0.2) is 9.84 Å². The van der Waals surface area contributed by atoms with Gasteiger partial charge < -0.3 is 4.90 Å². The summed E-state index contributed by atoms with van der Waals surface area (Å²) in [6.07, 6.45) is 3.56. The number of nitrogens with zero attached hydrogens (tertiary/aromatic N) is 1. The Bertz CT molecular complexity index is 607. The molecule has 0 heterocycles. The lowest BCUT2D eigenvalue weighted by Crippen LogP contribution is -2.30. The summed E-state index contributed by atoms with van der Waals surface area (Å²) in [6, 6.07) is 7.75. The third kappa shape index (κ3) is 4.81. The molecule has 0 radical (unpaired) electrons. The van der Waals surface area contributed by atoms with Crippen molar-refractivity contribution in [2.75, 3.05) is 12.8 Å². The number of rotatable bonds is 6. The van der Waals surface area contributed by atoms with E-state index in [1.807, 2.05) is 24.3 Å². The summed E-state index contributed by atoms with van der Waals surface area (Å²) in [7, 11) is -1.41. The highest BCUT2D eigenvalue weighted by atomic mass is 79.9. The van der Waals surface area contributed by atoms with E-state index in [4.69, 9.17) is 0 Å². The molecule has 0 spiro atoms. The summed E-state index contributed by atoms with van der Waals surface area (Å²) in [5.41, 5.74) is 1.03. The summed E-state index contributed by atoms with van der Waals surface area (Å²) < 4.78 is 25.4. The van der Waals surface area contributed by atoms with Crippen LogP contribution >= 0.6 is 15.9 Å². The van der Waals surface area contributed by atoms with E-state index < -0.39 is 9.84 Å². The zero-order chi connectivity index (χ0) is 16.2. The average molecular weight is 388 g/mol. The Morgan fingerprint density at radius 1 is 1.23 bits per heavy atom. The standard InChI is InChI=1S/C16H22BrNO3S/c1-18(12-13-6-8-14(17)9-7-13)16(19)10-11-22(20,21)15-4-2-3-5-15/h6-9,15H,2-5,10-12H2,1H3. The molecule has 0 aliphatic heterocycles. The monoisotopic (exact) mass is 387 g/mol. The maximum atomic E-state index is 12.2. The molecule has 22 heavy (non-hydrogen) atoms. The number of carbonyl (C=O) groups excluding carboxylic acids is 1. The van der Waals surface area contributed by atoms with Crippen molar-refractivity contribution < 1.29 is 13.2 Å². The fraction of sp³-hybridized carbons (Fsp3) is 0.562. The van der Waals surface area contributed by atoms with Crippen molar-refractivity contribution in [2.24, 2.45) is 0 Å². The van der Waals surface area contributed by atoms with E-state index in [9.17, 15) is 13.2 Å². The molecule has 1 saturated carbocycles. The molecule has 122 valence electrons. The van der Waals surface area contributed by atoms with Gasteiger partial charge in [0.25, 0.3) is 0 Å². The first-order valence-electron chi connectivity index (χ1n) is 7.58. The predicted molar refractivity (Wildman–Crippen MR) is 91.3 cm³/mol. The van der Waals surface area contributed by atoms with E-state index in [-0.39, 0.29) is 23.3 Å². The van der Waals surface area contributed by atoms with Gasteiger partial charge in [-0.1, -0.05) is 40.9 Å². The molecule has 4 nitrogen and oxygen atoms in total. The number of hydrogen-bond acceptors (Lipinski definition) is 3. The van der Waals surface area contributed by atoms with Crippen molar-refractivity contribution >= 4 is 31.7 Å². The van der Waals surface area contributed by atoms with Crippen molar-refractivity contribution in [1.82, 2.24) is 4.90 Å². The highest BCUT2D eigenvalue weighted by molar-refractivity contribution is 9.10. The highest BCUT2D eigenvalue weighted by Gasteiger charge is 2.29. The van der Waals surface area contributed by atoms with Gasteiger partial charge in [0.2, 0.25) is 5.91 Å². The molecule has 0 unspecified atom stereocenters. The molecule has 1 amide bonds. The maximum absolute atomic E-state index is 12.2. The van der Waals surface area contributed by atoms with Crippen LogP contribution in [-0.2, 0) is 21.2 Å². The lowest BCUT2D eigenvalue weighted by atomic mass is 10.2. The van der Waals surface area contributed by atoms with Crippen molar-refractivity contribution in [3.63, 3.8) is 0 Å². The number of hydrogen-bond donors (Lipinski definition) is 0. The van der Waals surface area contributed by atoms with E-state index in [0.717, 1.165) is 35.7 Å². The summed E-state index contributed by atoms with van der Waals surface area (Å²) in [5.74, 6) is -0.147. The molecule has 1 aromatic rings. The Kier molecular flexibility index (Phi) is 6.03. The Balaban J connectivity index is 1.84. The number of amides is 1. The van der Waals surface area contributed by atoms with Gasteiger partial charge in [-0.25, -0.2) is 8.42 Å². The quantitative estimate of drug-likeness (QED) is 0.752. The molecule has 0 N–H and O–H groups in total. The van der Waals surface area contributed by atoms with Gasteiger partial charge >= 0.3 is 0 Å². The van der Waals surface area contributed by atoms with E-state index in [1.54, 1.807) is 11.9 Å². The minimum atomic E-state index is -3.12. The fourth-order valence-corrected chi connectivity index (χ4v) is 4.89. The predicted octanol–water partition coefficient (Wildman–Crippen LogP) is 3.16. The molecule has 0 saturated heterocycles. The molecule has 1 aromatic carbocycles. The number of sulfone groups is 1. The Morgan fingerprint density at radius 3 is 2.41 bits per heavy atom. The second-order valence-corrected chi connectivity index (χ2v) is 9.22. The largest absolute Gasteiger partial charge is 0.341 e. The molecule has 0 aromatic heterocycles. The van der Waals surface area contributed by atoms with E-state index in [2.05, 4.69) is 15.9 Å². The first-order valence-corrected chi connectivity index (χ1v) is 10.1. The SMILES string of the molecule is CN(Cc1ccc(Br)cc1)C(=O)CCS(=O)(=O)C1CCCC1. The van der Waals surface area contributed by atoms with Gasteiger partial charge in [0.1, 0.15) is 0 Å². The first-order chi connectivity index (χ1) is 10.4. The van der Waals surface area contributed by atoms with E-state index in [0.29, 0.717) is 6.54 Å². The van der Waals surface area contributed by atoms with Crippen molar-refractivity contribution in [1.29, 1.82) is 0 Å². The van der Waals surface area contributed by atoms with Crippen LogP contribution in [0.25, 0.3) is 0 Å².